The van der Waals surface area contributed by atoms with Crippen LogP contribution in [0.4, 0.5) is 11.4 Å². The Morgan fingerprint density at radius 1 is 0.878 bits per heavy atom. The Morgan fingerprint density at radius 2 is 1.51 bits per heavy atom. The van der Waals surface area contributed by atoms with Crippen LogP contribution in [0.25, 0.3) is 0 Å². The highest BCUT2D eigenvalue weighted by Crippen LogP contribution is 2.59. The quantitative estimate of drug-likeness (QED) is 0.183. The summed E-state index contributed by atoms with van der Waals surface area (Å²) in [6, 6.07) is 30.4. The van der Waals surface area contributed by atoms with Crippen molar-refractivity contribution >= 4 is 29.0 Å². The second kappa shape index (κ2) is 10.1. The third-order valence-electron chi connectivity index (χ3n) is 8.33. The molecule has 204 valence electrons. The van der Waals surface area contributed by atoms with Crippen molar-refractivity contribution in [2.24, 2.45) is 5.92 Å². The molecule has 0 aromatic heterocycles. The van der Waals surface area contributed by atoms with Gasteiger partial charge in [0, 0.05) is 46.5 Å². The molecular weight excluding hydrogens is 518 g/mol. The van der Waals surface area contributed by atoms with Crippen LogP contribution in [0.1, 0.15) is 51.1 Å². The van der Waals surface area contributed by atoms with Crippen molar-refractivity contribution in [2.75, 3.05) is 5.32 Å². The summed E-state index contributed by atoms with van der Waals surface area (Å²) in [5.74, 6) is -2.77. The van der Waals surface area contributed by atoms with Gasteiger partial charge in [-0.15, -0.1) is 0 Å². The number of non-ortho nitro benzene ring substituents is 1. The minimum Gasteiger partial charge on any atom is -0.323 e. The predicted molar refractivity (Wildman–Crippen MR) is 154 cm³/mol. The number of carbonyl (C=O) groups excluding carboxylic acids is 3. The average Bonchev–Trinajstić information content (AvgIpc) is 3.49. The summed E-state index contributed by atoms with van der Waals surface area (Å²) in [6.07, 6.45) is 0.440. The number of ketones is 1. The number of para-hydroxylation sites is 1. The Labute approximate surface area is 236 Å². The first-order valence-electron chi connectivity index (χ1n) is 13.5. The van der Waals surface area contributed by atoms with E-state index < -0.39 is 40.2 Å². The smallest absolute Gasteiger partial charge is 0.270 e. The van der Waals surface area contributed by atoms with Gasteiger partial charge in [-0.3, -0.25) is 24.5 Å². The van der Waals surface area contributed by atoms with Gasteiger partial charge in [-0.2, -0.15) is 0 Å². The molecule has 2 aliphatic heterocycles. The normalized spacial score (nSPS) is 22.8. The number of likely N-dealkylation sites (tertiary alicyclic amines) is 1. The largest absolute Gasteiger partial charge is 0.323 e. The van der Waals surface area contributed by atoms with E-state index >= 15 is 0 Å². The molecule has 8 heteroatoms. The van der Waals surface area contributed by atoms with Crippen LogP contribution in [-0.2, 0) is 10.3 Å². The highest BCUT2D eigenvalue weighted by atomic mass is 16.6. The van der Waals surface area contributed by atoms with E-state index in [1.54, 1.807) is 48.5 Å². The summed E-state index contributed by atoms with van der Waals surface area (Å²) >= 11 is 0. The number of Topliss-reactive ketones (excluding diaryl/α,β-unsaturated/α-hetero) is 1. The Hall–Kier alpha value is -5.11. The lowest BCUT2D eigenvalue weighted by Crippen LogP contribution is -2.56. The van der Waals surface area contributed by atoms with Crippen molar-refractivity contribution < 1.29 is 19.3 Å². The first-order chi connectivity index (χ1) is 19.9. The van der Waals surface area contributed by atoms with Gasteiger partial charge in [0.25, 0.3) is 17.5 Å². The van der Waals surface area contributed by atoms with Crippen LogP contribution in [0, 0.1) is 16.0 Å². The molecule has 4 aromatic carbocycles. The topological polar surface area (TPSA) is 110 Å². The van der Waals surface area contributed by atoms with Crippen molar-refractivity contribution in [3.8, 4) is 0 Å². The van der Waals surface area contributed by atoms with Gasteiger partial charge >= 0.3 is 0 Å². The molecule has 1 saturated heterocycles. The van der Waals surface area contributed by atoms with Crippen LogP contribution in [0.5, 0.6) is 0 Å². The van der Waals surface area contributed by atoms with Crippen LogP contribution < -0.4 is 5.32 Å². The number of rotatable bonds is 6. The van der Waals surface area contributed by atoms with E-state index in [1.165, 1.54) is 29.2 Å². The zero-order valence-corrected chi connectivity index (χ0v) is 22.3. The first-order valence-corrected chi connectivity index (χ1v) is 13.5. The number of benzene rings is 4. The standard InChI is InChI=1S/C33H27N3O5/c1-2-27-28(21-12-5-3-6-13-21)29(30(37)22-14-7-4-8-15-22)33(25-18-9-10-19-26(25)34-32(33)39)35(27)31(38)23-16-11-17-24(20-23)36(40)41/h3-20,27-29H,2H2,1H3,(H,34,39). The molecule has 4 unspecified atom stereocenters. The third kappa shape index (κ3) is 3.94. The summed E-state index contributed by atoms with van der Waals surface area (Å²) in [7, 11) is 0. The Kier molecular flexibility index (Phi) is 6.46. The summed E-state index contributed by atoms with van der Waals surface area (Å²) in [5, 5.41) is 14.5. The average molecular weight is 546 g/mol. The molecule has 0 saturated carbocycles. The van der Waals surface area contributed by atoms with E-state index in [1.807, 2.05) is 43.3 Å². The summed E-state index contributed by atoms with van der Waals surface area (Å²) in [5.41, 5.74) is 0.498. The fourth-order valence-corrected chi connectivity index (χ4v) is 6.73. The number of nitrogens with one attached hydrogen (secondary N) is 1. The van der Waals surface area contributed by atoms with E-state index in [-0.39, 0.29) is 17.0 Å². The maximum absolute atomic E-state index is 14.6. The fourth-order valence-electron chi connectivity index (χ4n) is 6.73. The van der Waals surface area contributed by atoms with Gasteiger partial charge in [0.05, 0.1) is 10.8 Å². The van der Waals surface area contributed by atoms with Crippen molar-refractivity contribution in [2.45, 2.75) is 30.8 Å². The minimum absolute atomic E-state index is 0.0776. The Balaban J connectivity index is 1.67. The molecule has 0 radical (unpaired) electrons. The van der Waals surface area contributed by atoms with Gasteiger partial charge in [-0.05, 0) is 24.1 Å². The zero-order valence-electron chi connectivity index (χ0n) is 22.3. The van der Waals surface area contributed by atoms with E-state index in [9.17, 15) is 24.5 Å². The number of anilines is 1. The van der Waals surface area contributed by atoms with E-state index in [2.05, 4.69) is 5.32 Å². The van der Waals surface area contributed by atoms with Gasteiger partial charge in [-0.1, -0.05) is 91.9 Å². The Bertz CT molecular complexity index is 1670. The van der Waals surface area contributed by atoms with Gasteiger partial charge in [0.1, 0.15) is 0 Å². The third-order valence-corrected chi connectivity index (χ3v) is 8.33. The van der Waals surface area contributed by atoms with Crippen LogP contribution in [0.2, 0.25) is 0 Å². The summed E-state index contributed by atoms with van der Waals surface area (Å²) < 4.78 is 0. The van der Waals surface area contributed by atoms with E-state index in [0.717, 1.165) is 5.56 Å². The molecule has 4 aromatic rings. The maximum Gasteiger partial charge on any atom is 0.270 e. The van der Waals surface area contributed by atoms with Gasteiger partial charge in [0.2, 0.25) is 0 Å². The molecule has 0 bridgehead atoms. The van der Waals surface area contributed by atoms with Crippen molar-refractivity contribution in [3.05, 3.63) is 142 Å². The zero-order chi connectivity index (χ0) is 28.7. The predicted octanol–water partition coefficient (Wildman–Crippen LogP) is 5.96. The Morgan fingerprint density at radius 3 is 2.20 bits per heavy atom. The molecule has 2 aliphatic rings. The molecule has 41 heavy (non-hydrogen) atoms. The number of nitro groups is 1. The van der Waals surface area contributed by atoms with Crippen molar-refractivity contribution in [1.29, 1.82) is 0 Å². The lowest BCUT2D eigenvalue weighted by atomic mass is 9.69. The highest BCUT2D eigenvalue weighted by molar-refractivity contribution is 6.15. The molecular formula is C33H27N3O5. The lowest BCUT2D eigenvalue weighted by Gasteiger charge is -2.39. The highest BCUT2D eigenvalue weighted by Gasteiger charge is 2.69. The molecule has 0 aliphatic carbocycles. The van der Waals surface area contributed by atoms with Crippen LogP contribution >= 0.6 is 0 Å². The van der Waals surface area contributed by atoms with Crippen molar-refractivity contribution in [1.82, 2.24) is 4.90 Å². The van der Waals surface area contributed by atoms with Gasteiger partial charge < -0.3 is 10.2 Å². The molecule has 1 fully saturated rings. The minimum atomic E-state index is -1.69. The second-order valence-electron chi connectivity index (χ2n) is 10.4. The van der Waals surface area contributed by atoms with Crippen LogP contribution in [0.15, 0.2) is 109 Å². The molecule has 6 rings (SSSR count). The molecule has 4 atom stereocenters. The molecule has 1 spiro atoms. The van der Waals surface area contributed by atoms with E-state index in [0.29, 0.717) is 23.2 Å². The van der Waals surface area contributed by atoms with Crippen LogP contribution in [0.3, 0.4) is 0 Å². The van der Waals surface area contributed by atoms with Crippen LogP contribution in [-0.4, -0.2) is 33.5 Å². The number of nitrogens with zero attached hydrogens (tertiary/aromatic N) is 2. The second-order valence-corrected chi connectivity index (χ2v) is 10.4. The molecule has 2 heterocycles. The lowest BCUT2D eigenvalue weighted by molar-refractivity contribution is -0.384. The molecule has 2 amide bonds. The number of carbonyl (C=O) groups is 3. The SMILES string of the molecule is CCC1C(c2ccccc2)C(C(=O)c2ccccc2)C2(C(=O)Nc3ccccc32)N1C(=O)c1cccc([N+](=O)[O-])c1. The number of amides is 2. The fraction of sp³-hybridized carbons (Fsp3) is 0.182. The number of hydrogen-bond acceptors (Lipinski definition) is 5. The molecule has 1 N–H and O–H groups in total. The first kappa shape index (κ1) is 26.1. The summed E-state index contributed by atoms with van der Waals surface area (Å²) in [4.78, 5) is 56.2. The van der Waals surface area contributed by atoms with Gasteiger partial charge in [0.15, 0.2) is 11.3 Å². The number of fused-ring (bicyclic) bond motifs is 2. The van der Waals surface area contributed by atoms with E-state index in [4.69, 9.17) is 0 Å². The molecule has 8 nitrogen and oxygen atoms in total. The van der Waals surface area contributed by atoms with Gasteiger partial charge in [-0.25, -0.2) is 0 Å². The summed E-state index contributed by atoms with van der Waals surface area (Å²) in [6.45, 7) is 1.93. The number of nitro benzene ring substituents is 1. The monoisotopic (exact) mass is 545 g/mol. The maximum atomic E-state index is 14.6. The van der Waals surface area contributed by atoms with Crippen molar-refractivity contribution in [3.63, 3.8) is 0 Å². The number of hydrogen-bond donors (Lipinski definition) is 1.